The standard InChI is InChI=1S/C25H24N4O2S/c1-18-9-6-7-12-20(18)21-15-23(29(27-21)16-19-10-4-3-5-11-19)26-24(30)17-28(2)25(31)22-13-8-14-32-22/h3-15H,16-17H2,1-2H3,(H,26,30). The maximum atomic E-state index is 12.8. The molecular weight excluding hydrogens is 420 g/mol. The van der Waals surface area contributed by atoms with Crippen LogP contribution in [0, 0.1) is 6.92 Å². The van der Waals surface area contributed by atoms with Crippen LogP contribution in [0.15, 0.2) is 78.2 Å². The molecule has 0 unspecified atom stereocenters. The van der Waals surface area contributed by atoms with Crippen LogP contribution < -0.4 is 5.32 Å². The lowest BCUT2D eigenvalue weighted by Crippen LogP contribution is -2.35. The van der Waals surface area contributed by atoms with Crippen molar-refractivity contribution in [3.05, 3.63) is 94.2 Å². The molecular formula is C25H24N4O2S. The van der Waals surface area contributed by atoms with Crippen LogP contribution in [0.3, 0.4) is 0 Å². The summed E-state index contributed by atoms with van der Waals surface area (Å²) in [6.45, 7) is 2.51. The fraction of sp³-hybridized carbons (Fsp3) is 0.160. The van der Waals surface area contributed by atoms with Gasteiger partial charge in [0.15, 0.2) is 0 Å². The quantitative estimate of drug-likeness (QED) is 0.450. The molecule has 4 aromatic rings. The van der Waals surface area contributed by atoms with Crippen molar-refractivity contribution in [3.8, 4) is 11.3 Å². The first-order valence-electron chi connectivity index (χ1n) is 10.3. The molecule has 0 aliphatic heterocycles. The second-order valence-corrected chi connectivity index (χ2v) is 8.51. The molecule has 1 N–H and O–H groups in total. The molecule has 2 amide bonds. The van der Waals surface area contributed by atoms with Crippen molar-refractivity contribution in [2.45, 2.75) is 13.5 Å². The highest BCUT2D eigenvalue weighted by molar-refractivity contribution is 7.12. The lowest BCUT2D eigenvalue weighted by molar-refractivity contribution is -0.116. The Balaban J connectivity index is 1.56. The smallest absolute Gasteiger partial charge is 0.264 e. The summed E-state index contributed by atoms with van der Waals surface area (Å²) in [7, 11) is 1.63. The van der Waals surface area contributed by atoms with Gasteiger partial charge in [0, 0.05) is 18.7 Å². The Morgan fingerprint density at radius 1 is 1.03 bits per heavy atom. The molecule has 0 atom stereocenters. The Morgan fingerprint density at radius 3 is 2.50 bits per heavy atom. The molecule has 0 saturated heterocycles. The lowest BCUT2D eigenvalue weighted by Gasteiger charge is -2.16. The number of aromatic nitrogens is 2. The molecule has 7 heteroatoms. The minimum absolute atomic E-state index is 0.0487. The molecule has 0 radical (unpaired) electrons. The van der Waals surface area contributed by atoms with E-state index < -0.39 is 0 Å². The Morgan fingerprint density at radius 2 is 1.78 bits per heavy atom. The molecule has 0 fully saturated rings. The topological polar surface area (TPSA) is 67.2 Å². The molecule has 0 saturated carbocycles. The minimum atomic E-state index is -0.275. The number of carbonyl (C=O) groups excluding carboxylic acids is 2. The normalized spacial score (nSPS) is 10.7. The first-order valence-corrected chi connectivity index (χ1v) is 11.2. The van der Waals surface area contributed by atoms with Crippen LogP contribution >= 0.6 is 11.3 Å². The van der Waals surface area contributed by atoms with Crippen molar-refractivity contribution in [2.24, 2.45) is 0 Å². The van der Waals surface area contributed by atoms with E-state index in [-0.39, 0.29) is 18.4 Å². The van der Waals surface area contributed by atoms with Gasteiger partial charge in [-0.05, 0) is 29.5 Å². The predicted octanol–water partition coefficient (Wildman–Crippen LogP) is 4.68. The summed E-state index contributed by atoms with van der Waals surface area (Å²) >= 11 is 1.36. The molecule has 32 heavy (non-hydrogen) atoms. The van der Waals surface area contributed by atoms with E-state index in [1.807, 2.05) is 79.0 Å². The maximum absolute atomic E-state index is 12.8. The molecule has 162 valence electrons. The highest BCUT2D eigenvalue weighted by Gasteiger charge is 2.18. The van der Waals surface area contributed by atoms with Crippen LogP contribution in [0.1, 0.15) is 20.8 Å². The van der Waals surface area contributed by atoms with E-state index in [0.29, 0.717) is 17.2 Å². The number of nitrogens with one attached hydrogen (secondary N) is 1. The van der Waals surface area contributed by atoms with Gasteiger partial charge >= 0.3 is 0 Å². The van der Waals surface area contributed by atoms with Crippen LogP contribution in [-0.4, -0.2) is 40.1 Å². The number of thiophene rings is 1. The summed E-state index contributed by atoms with van der Waals surface area (Å²) in [5, 5.41) is 9.55. The number of amides is 2. The molecule has 2 heterocycles. The van der Waals surface area contributed by atoms with E-state index >= 15 is 0 Å². The SMILES string of the molecule is Cc1ccccc1-c1cc(NC(=O)CN(C)C(=O)c2cccs2)n(Cc2ccccc2)n1. The van der Waals surface area contributed by atoms with Gasteiger partial charge in [-0.1, -0.05) is 60.7 Å². The van der Waals surface area contributed by atoms with Crippen molar-refractivity contribution >= 4 is 29.0 Å². The zero-order valence-electron chi connectivity index (χ0n) is 18.0. The number of anilines is 1. The van der Waals surface area contributed by atoms with Crippen LogP contribution in [0.25, 0.3) is 11.3 Å². The fourth-order valence-electron chi connectivity index (χ4n) is 3.44. The van der Waals surface area contributed by atoms with Crippen molar-refractivity contribution in [3.63, 3.8) is 0 Å². The molecule has 2 aromatic carbocycles. The number of benzene rings is 2. The molecule has 0 aliphatic carbocycles. The largest absolute Gasteiger partial charge is 0.332 e. The number of aryl methyl sites for hydroxylation is 1. The molecule has 0 bridgehead atoms. The Labute approximate surface area is 191 Å². The summed E-state index contributed by atoms with van der Waals surface area (Å²) in [6, 6.07) is 23.4. The summed E-state index contributed by atoms with van der Waals surface area (Å²) in [4.78, 5) is 27.3. The van der Waals surface area contributed by atoms with Crippen LogP contribution in [0.2, 0.25) is 0 Å². The maximum Gasteiger partial charge on any atom is 0.264 e. The van der Waals surface area contributed by atoms with E-state index in [2.05, 4.69) is 5.32 Å². The van der Waals surface area contributed by atoms with Gasteiger partial charge in [0.25, 0.3) is 5.91 Å². The van der Waals surface area contributed by atoms with Crippen molar-refractivity contribution in [1.29, 1.82) is 0 Å². The van der Waals surface area contributed by atoms with Gasteiger partial charge in [-0.3, -0.25) is 9.59 Å². The molecule has 4 rings (SSSR count). The van der Waals surface area contributed by atoms with Crippen molar-refractivity contribution in [2.75, 3.05) is 18.9 Å². The molecule has 0 spiro atoms. The Bertz CT molecular complexity index is 1220. The highest BCUT2D eigenvalue weighted by atomic mass is 32.1. The van der Waals surface area contributed by atoms with Gasteiger partial charge < -0.3 is 10.2 Å². The number of hydrogen-bond acceptors (Lipinski definition) is 4. The Hall–Kier alpha value is -3.71. The van der Waals surface area contributed by atoms with Gasteiger partial charge in [0.05, 0.1) is 23.7 Å². The predicted molar refractivity (Wildman–Crippen MR) is 128 cm³/mol. The van der Waals surface area contributed by atoms with Gasteiger partial charge in [-0.15, -0.1) is 11.3 Å². The molecule has 6 nitrogen and oxygen atoms in total. The highest BCUT2D eigenvalue weighted by Crippen LogP contribution is 2.25. The lowest BCUT2D eigenvalue weighted by atomic mass is 10.1. The third kappa shape index (κ3) is 4.95. The average Bonchev–Trinajstić information content (AvgIpc) is 3.45. The van der Waals surface area contributed by atoms with Crippen LogP contribution in [-0.2, 0) is 11.3 Å². The number of likely N-dealkylation sites (N-methyl/N-ethyl adjacent to an activating group) is 1. The third-order valence-electron chi connectivity index (χ3n) is 5.10. The first kappa shape index (κ1) is 21.5. The average molecular weight is 445 g/mol. The van der Waals surface area contributed by atoms with Crippen molar-refractivity contribution in [1.82, 2.24) is 14.7 Å². The van der Waals surface area contributed by atoms with E-state index in [4.69, 9.17) is 5.10 Å². The van der Waals surface area contributed by atoms with Gasteiger partial charge in [-0.2, -0.15) is 5.10 Å². The molecule has 2 aromatic heterocycles. The van der Waals surface area contributed by atoms with Crippen molar-refractivity contribution < 1.29 is 9.59 Å². The number of hydrogen-bond donors (Lipinski definition) is 1. The fourth-order valence-corrected chi connectivity index (χ4v) is 4.16. The van der Waals surface area contributed by atoms with Gasteiger partial charge in [-0.25, -0.2) is 4.68 Å². The monoisotopic (exact) mass is 444 g/mol. The van der Waals surface area contributed by atoms with E-state index in [9.17, 15) is 9.59 Å². The Kier molecular flexibility index (Phi) is 6.47. The van der Waals surface area contributed by atoms with E-state index in [1.54, 1.807) is 17.8 Å². The molecule has 0 aliphatic rings. The first-order chi connectivity index (χ1) is 15.5. The third-order valence-corrected chi connectivity index (χ3v) is 5.96. The zero-order chi connectivity index (χ0) is 22.5. The van der Waals surface area contributed by atoms with E-state index in [1.165, 1.54) is 16.2 Å². The minimum Gasteiger partial charge on any atom is -0.332 e. The number of rotatable bonds is 7. The summed E-state index contributed by atoms with van der Waals surface area (Å²) in [5.41, 5.74) is 3.99. The van der Waals surface area contributed by atoms with E-state index in [0.717, 1.165) is 22.4 Å². The second-order valence-electron chi connectivity index (χ2n) is 7.56. The summed E-state index contributed by atoms with van der Waals surface area (Å²) < 4.78 is 1.79. The zero-order valence-corrected chi connectivity index (χ0v) is 18.8. The number of carbonyl (C=O) groups is 2. The second kappa shape index (κ2) is 9.62. The van der Waals surface area contributed by atoms with Crippen LogP contribution in [0.4, 0.5) is 5.82 Å². The summed E-state index contributed by atoms with van der Waals surface area (Å²) in [5.74, 6) is 0.144. The van der Waals surface area contributed by atoms with Gasteiger partial charge in [0.1, 0.15) is 5.82 Å². The van der Waals surface area contributed by atoms with Gasteiger partial charge in [0.2, 0.25) is 5.91 Å². The summed E-state index contributed by atoms with van der Waals surface area (Å²) in [6.07, 6.45) is 0. The van der Waals surface area contributed by atoms with Crippen LogP contribution in [0.5, 0.6) is 0 Å². The number of nitrogens with zero attached hydrogens (tertiary/aromatic N) is 3.